The summed E-state index contributed by atoms with van der Waals surface area (Å²) in [5.41, 5.74) is 0. The van der Waals surface area contributed by atoms with Crippen molar-refractivity contribution in [2.24, 2.45) is 11.8 Å². The fraction of sp³-hybridized carbons (Fsp3) is 0.455. The van der Waals surface area contributed by atoms with Gasteiger partial charge in [-0.05, 0) is 28.4 Å². The summed E-state index contributed by atoms with van der Waals surface area (Å²) in [5, 5.41) is 10.7. The highest BCUT2D eigenvalue weighted by atomic mass is 79.9. The molecule has 0 aliphatic heterocycles. The van der Waals surface area contributed by atoms with E-state index in [4.69, 9.17) is 5.11 Å². The molecule has 0 spiro atoms. The minimum atomic E-state index is -0.865. The van der Waals surface area contributed by atoms with Gasteiger partial charge in [0, 0.05) is 21.8 Å². The van der Waals surface area contributed by atoms with Crippen molar-refractivity contribution in [3.05, 3.63) is 20.8 Å². The summed E-state index contributed by atoms with van der Waals surface area (Å²) in [6.07, 6.45) is 0.479. The average molecular weight is 318 g/mol. The van der Waals surface area contributed by atoms with E-state index in [0.717, 1.165) is 9.35 Å². The first-order valence-electron chi connectivity index (χ1n) is 5.19. The van der Waals surface area contributed by atoms with Crippen LogP contribution in [0.2, 0.25) is 0 Å². The van der Waals surface area contributed by atoms with Crippen molar-refractivity contribution in [2.45, 2.75) is 13.0 Å². The number of nitrogens with zero attached hydrogens (tertiary/aromatic N) is 1. The summed E-state index contributed by atoms with van der Waals surface area (Å²) in [6.45, 7) is 0.540. The normalized spacial score (nSPS) is 22.2. The molecule has 1 saturated carbocycles. The van der Waals surface area contributed by atoms with Gasteiger partial charge in [-0.1, -0.05) is 0 Å². The lowest BCUT2D eigenvalue weighted by Gasteiger charge is -2.15. The molecule has 1 fully saturated rings. The Morgan fingerprint density at radius 3 is 2.76 bits per heavy atom. The predicted molar refractivity (Wildman–Crippen MR) is 67.7 cm³/mol. The molecule has 1 N–H and O–H groups in total. The summed E-state index contributed by atoms with van der Waals surface area (Å²) >= 11 is 4.94. The first-order valence-corrected chi connectivity index (χ1v) is 6.87. The molecule has 1 aliphatic rings. The highest BCUT2D eigenvalue weighted by molar-refractivity contribution is 9.10. The van der Waals surface area contributed by atoms with Crippen molar-refractivity contribution >= 4 is 39.1 Å². The molecule has 0 aromatic carbocycles. The highest BCUT2D eigenvalue weighted by Crippen LogP contribution is 2.40. The molecular weight excluding hydrogens is 306 g/mol. The van der Waals surface area contributed by atoms with Crippen LogP contribution in [0.5, 0.6) is 0 Å². The van der Waals surface area contributed by atoms with E-state index < -0.39 is 11.9 Å². The minimum Gasteiger partial charge on any atom is -0.481 e. The molecular formula is C11H12BrNO3S. The number of halogens is 1. The second-order valence-electron chi connectivity index (χ2n) is 4.21. The van der Waals surface area contributed by atoms with E-state index in [0.29, 0.717) is 13.0 Å². The monoisotopic (exact) mass is 317 g/mol. The number of aliphatic carboxylic acids is 1. The molecule has 0 bridgehead atoms. The van der Waals surface area contributed by atoms with Crippen molar-refractivity contribution < 1.29 is 14.7 Å². The Labute approximate surface area is 111 Å². The Hall–Kier alpha value is -0.880. The van der Waals surface area contributed by atoms with Gasteiger partial charge >= 0.3 is 5.97 Å². The molecule has 1 heterocycles. The molecule has 0 unspecified atom stereocenters. The maximum absolute atomic E-state index is 11.9. The number of carbonyl (C=O) groups is 2. The van der Waals surface area contributed by atoms with Gasteiger partial charge in [-0.3, -0.25) is 9.59 Å². The van der Waals surface area contributed by atoms with Gasteiger partial charge in [0.1, 0.15) is 0 Å². The number of carbonyl (C=O) groups excluding carboxylic acids is 1. The third-order valence-electron chi connectivity index (χ3n) is 2.82. The standard InChI is InChI=1S/C11H12BrNO3S/c1-13(4-7-2-6(12)5-17-7)10(14)8-3-9(8)11(15)16/h2,5,8-9H,3-4H2,1H3,(H,15,16)/t8-,9+/m1/s1. The molecule has 2 atom stereocenters. The molecule has 4 nitrogen and oxygen atoms in total. The predicted octanol–water partition coefficient (Wildman–Crippen LogP) is 2.19. The van der Waals surface area contributed by atoms with E-state index in [1.165, 1.54) is 0 Å². The van der Waals surface area contributed by atoms with Gasteiger partial charge in [0.05, 0.1) is 18.4 Å². The quantitative estimate of drug-likeness (QED) is 0.926. The van der Waals surface area contributed by atoms with Gasteiger partial charge in [0.2, 0.25) is 5.91 Å². The molecule has 0 radical (unpaired) electrons. The van der Waals surface area contributed by atoms with E-state index in [9.17, 15) is 9.59 Å². The average Bonchev–Trinajstić information content (AvgIpc) is 2.96. The van der Waals surface area contributed by atoms with Gasteiger partial charge in [-0.15, -0.1) is 11.3 Å². The van der Waals surface area contributed by atoms with E-state index in [-0.39, 0.29) is 11.8 Å². The third kappa shape index (κ3) is 2.87. The molecule has 2 rings (SSSR count). The third-order valence-corrected chi connectivity index (χ3v) is 4.50. The number of rotatable bonds is 4. The summed E-state index contributed by atoms with van der Waals surface area (Å²) in [6, 6.07) is 1.97. The molecule has 17 heavy (non-hydrogen) atoms. The molecule has 1 aliphatic carbocycles. The number of carboxylic acids is 1. The lowest BCUT2D eigenvalue weighted by atomic mass is 10.3. The maximum Gasteiger partial charge on any atom is 0.307 e. The second kappa shape index (κ2) is 4.78. The largest absolute Gasteiger partial charge is 0.481 e. The van der Waals surface area contributed by atoms with Gasteiger partial charge in [0.25, 0.3) is 0 Å². The zero-order valence-corrected chi connectivity index (χ0v) is 11.6. The summed E-state index contributed by atoms with van der Waals surface area (Å²) < 4.78 is 1.01. The van der Waals surface area contributed by atoms with E-state index in [1.807, 2.05) is 11.4 Å². The Bertz CT molecular complexity index is 459. The fourth-order valence-corrected chi connectivity index (χ4v) is 3.28. The first kappa shape index (κ1) is 12.6. The van der Waals surface area contributed by atoms with Crippen molar-refractivity contribution in [3.8, 4) is 0 Å². The number of amides is 1. The van der Waals surface area contributed by atoms with Crippen LogP contribution in [0.25, 0.3) is 0 Å². The van der Waals surface area contributed by atoms with Crippen LogP contribution < -0.4 is 0 Å². The Morgan fingerprint density at radius 2 is 2.29 bits per heavy atom. The van der Waals surface area contributed by atoms with Gasteiger partial charge in [-0.2, -0.15) is 0 Å². The van der Waals surface area contributed by atoms with Crippen molar-refractivity contribution in [1.82, 2.24) is 4.90 Å². The Morgan fingerprint density at radius 1 is 1.59 bits per heavy atom. The van der Waals surface area contributed by atoms with Crippen molar-refractivity contribution in [2.75, 3.05) is 7.05 Å². The van der Waals surface area contributed by atoms with Gasteiger partial charge in [-0.25, -0.2) is 0 Å². The van der Waals surface area contributed by atoms with E-state index in [2.05, 4.69) is 15.9 Å². The smallest absolute Gasteiger partial charge is 0.307 e. The van der Waals surface area contributed by atoms with Crippen LogP contribution in [-0.4, -0.2) is 28.9 Å². The number of thiophene rings is 1. The van der Waals surface area contributed by atoms with E-state index in [1.54, 1.807) is 23.3 Å². The minimum absolute atomic E-state index is 0.0677. The number of hydrogen-bond acceptors (Lipinski definition) is 3. The Kier molecular flexibility index (Phi) is 3.53. The summed E-state index contributed by atoms with van der Waals surface area (Å²) in [4.78, 5) is 25.3. The van der Waals surface area contributed by atoms with Crippen LogP contribution in [0.4, 0.5) is 0 Å². The molecule has 0 saturated heterocycles. The van der Waals surface area contributed by atoms with Crippen LogP contribution >= 0.6 is 27.3 Å². The number of carboxylic acid groups (broad SMARTS) is 1. The van der Waals surface area contributed by atoms with Crippen molar-refractivity contribution in [3.63, 3.8) is 0 Å². The van der Waals surface area contributed by atoms with Crippen LogP contribution in [0, 0.1) is 11.8 Å². The van der Waals surface area contributed by atoms with E-state index >= 15 is 0 Å². The van der Waals surface area contributed by atoms with Gasteiger partial charge in [0.15, 0.2) is 0 Å². The van der Waals surface area contributed by atoms with Crippen LogP contribution in [0.3, 0.4) is 0 Å². The Balaban J connectivity index is 1.91. The SMILES string of the molecule is CN(Cc1cc(Br)cs1)C(=O)[C@@H]1C[C@@H]1C(=O)O. The molecule has 1 aromatic rings. The maximum atomic E-state index is 11.9. The molecule has 1 aromatic heterocycles. The second-order valence-corrected chi connectivity index (χ2v) is 6.12. The topological polar surface area (TPSA) is 57.6 Å². The summed E-state index contributed by atoms with van der Waals surface area (Å²) in [7, 11) is 1.72. The highest BCUT2D eigenvalue weighted by Gasteiger charge is 2.49. The lowest BCUT2D eigenvalue weighted by molar-refractivity contribution is -0.141. The first-order chi connectivity index (χ1) is 7.99. The zero-order chi connectivity index (χ0) is 12.6. The van der Waals surface area contributed by atoms with Crippen LogP contribution in [0.15, 0.2) is 15.9 Å². The summed E-state index contributed by atoms with van der Waals surface area (Å²) in [5.74, 6) is -1.72. The molecule has 1 amide bonds. The fourth-order valence-electron chi connectivity index (χ4n) is 1.77. The van der Waals surface area contributed by atoms with Crippen LogP contribution in [0.1, 0.15) is 11.3 Å². The molecule has 6 heteroatoms. The van der Waals surface area contributed by atoms with Gasteiger partial charge < -0.3 is 10.0 Å². The van der Waals surface area contributed by atoms with Crippen molar-refractivity contribution in [1.29, 1.82) is 0 Å². The number of hydrogen-bond donors (Lipinski definition) is 1. The molecule has 92 valence electrons. The lowest BCUT2D eigenvalue weighted by Crippen LogP contribution is -2.28. The zero-order valence-electron chi connectivity index (χ0n) is 9.22. The van der Waals surface area contributed by atoms with Crippen LogP contribution in [-0.2, 0) is 16.1 Å².